The van der Waals surface area contributed by atoms with E-state index in [4.69, 9.17) is 0 Å². The number of aliphatic hydroxyl groups excluding tert-OH is 1. The largest absolute Gasteiger partial charge is 0.394 e. The third kappa shape index (κ3) is 6.67. The van der Waals surface area contributed by atoms with Crippen LogP contribution < -0.4 is 5.32 Å². The number of carbonyl (C=O) groups is 3. The number of allylic oxidation sites excluding steroid dienone is 2. The average molecular weight is 437 g/mol. The number of aliphatic hydroxyl groups is 1. The van der Waals surface area contributed by atoms with Crippen molar-refractivity contribution in [1.29, 1.82) is 0 Å². The lowest BCUT2D eigenvalue weighted by atomic mass is 10.1. The summed E-state index contributed by atoms with van der Waals surface area (Å²) in [6.07, 6.45) is 5.68. The fraction of sp³-hybridized carbons (Fsp3) is 0.208. The molecular formula is C24H24N2O4S. The predicted octanol–water partition coefficient (Wildman–Crippen LogP) is 3.39. The summed E-state index contributed by atoms with van der Waals surface area (Å²) in [5.41, 5.74) is 1.99. The van der Waals surface area contributed by atoms with E-state index >= 15 is 0 Å². The Labute approximate surface area is 185 Å². The van der Waals surface area contributed by atoms with E-state index in [1.807, 2.05) is 66.7 Å². The molecule has 1 aliphatic heterocycles. The van der Waals surface area contributed by atoms with E-state index in [-0.39, 0.29) is 30.7 Å². The Bertz CT molecular complexity index is 974. The van der Waals surface area contributed by atoms with E-state index in [0.717, 1.165) is 27.8 Å². The summed E-state index contributed by atoms with van der Waals surface area (Å²) in [4.78, 5) is 38.4. The Morgan fingerprint density at radius 3 is 2.42 bits per heavy atom. The second-order valence-electron chi connectivity index (χ2n) is 7.01. The van der Waals surface area contributed by atoms with Crippen LogP contribution in [0.15, 0.2) is 77.7 Å². The molecule has 0 bridgehead atoms. The predicted molar refractivity (Wildman–Crippen MR) is 122 cm³/mol. The van der Waals surface area contributed by atoms with E-state index in [0.29, 0.717) is 11.3 Å². The van der Waals surface area contributed by atoms with Gasteiger partial charge in [0.15, 0.2) is 0 Å². The summed E-state index contributed by atoms with van der Waals surface area (Å²) in [5.74, 6) is -0.717. The molecule has 1 unspecified atom stereocenters. The summed E-state index contributed by atoms with van der Waals surface area (Å²) >= 11 is 0.864. The minimum atomic E-state index is -0.423. The Morgan fingerprint density at radius 2 is 1.74 bits per heavy atom. The van der Waals surface area contributed by atoms with Crippen molar-refractivity contribution in [2.75, 3.05) is 13.2 Å². The first-order chi connectivity index (χ1) is 15.1. The average Bonchev–Trinajstić information content (AvgIpc) is 3.05. The Morgan fingerprint density at radius 1 is 1.06 bits per heavy atom. The Kier molecular flexibility index (Phi) is 8.20. The third-order valence-electron chi connectivity index (χ3n) is 4.68. The van der Waals surface area contributed by atoms with Crippen LogP contribution in [-0.4, -0.2) is 46.3 Å². The van der Waals surface area contributed by atoms with Gasteiger partial charge in [-0.3, -0.25) is 19.3 Å². The van der Waals surface area contributed by atoms with Crippen LogP contribution in [0.25, 0.3) is 6.08 Å². The molecular weight excluding hydrogens is 412 g/mol. The summed E-state index contributed by atoms with van der Waals surface area (Å²) in [6, 6.07) is 18.7. The van der Waals surface area contributed by atoms with E-state index in [9.17, 15) is 19.5 Å². The van der Waals surface area contributed by atoms with E-state index < -0.39 is 11.9 Å². The molecule has 1 heterocycles. The molecule has 31 heavy (non-hydrogen) atoms. The zero-order chi connectivity index (χ0) is 22.1. The highest BCUT2D eigenvalue weighted by atomic mass is 32.2. The van der Waals surface area contributed by atoms with Gasteiger partial charge in [0.25, 0.3) is 11.1 Å². The number of nitrogens with one attached hydrogen (secondary N) is 1. The van der Waals surface area contributed by atoms with Crippen molar-refractivity contribution in [2.45, 2.75) is 18.9 Å². The SMILES string of the molecule is O=C(CCN1C(=O)SC(=CC=Cc2ccccc2)C1=O)NC(CO)Cc1ccccc1. The molecule has 2 N–H and O–H groups in total. The lowest BCUT2D eigenvalue weighted by Crippen LogP contribution is -2.41. The number of nitrogens with zero attached hydrogens (tertiary/aromatic N) is 1. The van der Waals surface area contributed by atoms with Crippen molar-refractivity contribution in [3.05, 3.63) is 88.8 Å². The van der Waals surface area contributed by atoms with Gasteiger partial charge in [0, 0.05) is 13.0 Å². The minimum absolute atomic E-state index is 0.000273. The molecule has 3 rings (SSSR count). The molecule has 0 radical (unpaired) electrons. The van der Waals surface area contributed by atoms with Crippen LogP contribution in [0.4, 0.5) is 4.79 Å². The van der Waals surface area contributed by atoms with Crippen LogP contribution in [0.2, 0.25) is 0 Å². The highest BCUT2D eigenvalue weighted by Crippen LogP contribution is 2.30. The van der Waals surface area contributed by atoms with Crippen molar-refractivity contribution in [3.63, 3.8) is 0 Å². The Balaban J connectivity index is 1.50. The van der Waals surface area contributed by atoms with Gasteiger partial charge in [-0.25, -0.2) is 0 Å². The molecule has 0 spiro atoms. The Hall–Kier alpha value is -3.16. The smallest absolute Gasteiger partial charge is 0.293 e. The fourth-order valence-electron chi connectivity index (χ4n) is 3.09. The molecule has 160 valence electrons. The molecule has 2 aromatic carbocycles. The van der Waals surface area contributed by atoms with Crippen LogP contribution in [0.1, 0.15) is 17.5 Å². The molecule has 3 amide bonds. The quantitative estimate of drug-likeness (QED) is 0.589. The van der Waals surface area contributed by atoms with Gasteiger partial charge in [-0.15, -0.1) is 0 Å². The normalized spacial score (nSPS) is 16.3. The monoisotopic (exact) mass is 436 g/mol. The van der Waals surface area contributed by atoms with E-state index in [1.165, 1.54) is 0 Å². The van der Waals surface area contributed by atoms with Gasteiger partial charge in [-0.2, -0.15) is 0 Å². The van der Waals surface area contributed by atoms with E-state index in [2.05, 4.69) is 5.32 Å². The van der Waals surface area contributed by atoms with Crippen molar-refractivity contribution >= 4 is 34.9 Å². The van der Waals surface area contributed by atoms with Gasteiger partial charge in [-0.05, 0) is 35.4 Å². The first kappa shape index (κ1) is 22.5. The summed E-state index contributed by atoms with van der Waals surface area (Å²) in [7, 11) is 0. The molecule has 1 aliphatic rings. The first-order valence-corrected chi connectivity index (χ1v) is 10.8. The molecule has 1 fully saturated rings. The number of hydrogen-bond donors (Lipinski definition) is 2. The summed E-state index contributed by atoms with van der Waals surface area (Å²) < 4.78 is 0. The maximum absolute atomic E-state index is 12.5. The first-order valence-electron chi connectivity index (χ1n) is 9.98. The number of imide groups is 1. The maximum atomic E-state index is 12.5. The maximum Gasteiger partial charge on any atom is 0.293 e. The van der Waals surface area contributed by atoms with E-state index in [1.54, 1.807) is 12.2 Å². The number of hydrogen-bond acceptors (Lipinski definition) is 5. The van der Waals surface area contributed by atoms with Gasteiger partial charge >= 0.3 is 0 Å². The van der Waals surface area contributed by atoms with Gasteiger partial charge in [0.2, 0.25) is 5.91 Å². The second-order valence-corrected chi connectivity index (χ2v) is 8.01. The molecule has 6 nitrogen and oxygen atoms in total. The fourth-order valence-corrected chi connectivity index (χ4v) is 3.91. The molecule has 0 aromatic heterocycles. The molecule has 1 saturated heterocycles. The second kappa shape index (κ2) is 11.3. The molecule has 1 atom stereocenters. The number of benzene rings is 2. The van der Waals surface area contributed by atoms with Crippen LogP contribution >= 0.6 is 11.8 Å². The van der Waals surface area contributed by atoms with Gasteiger partial charge < -0.3 is 10.4 Å². The molecule has 2 aromatic rings. The summed E-state index contributed by atoms with van der Waals surface area (Å²) in [5, 5.41) is 11.9. The van der Waals surface area contributed by atoms with Crippen molar-refractivity contribution in [1.82, 2.24) is 10.2 Å². The van der Waals surface area contributed by atoms with Crippen molar-refractivity contribution in [2.24, 2.45) is 0 Å². The highest BCUT2D eigenvalue weighted by Gasteiger charge is 2.34. The van der Waals surface area contributed by atoms with Crippen LogP contribution in [0.3, 0.4) is 0 Å². The lowest BCUT2D eigenvalue weighted by molar-refractivity contribution is -0.124. The summed E-state index contributed by atoms with van der Waals surface area (Å²) in [6.45, 7) is -0.196. The number of thioether (sulfide) groups is 1. The third-order valence-corrected chi connectivity index (χ3v) is 5.61. The molecule has 0 saturated carbocycles. The number of rotatable bonds is 9. The topological polar surface area (TPSA) is 86.7 Å². The standard InChI is InChI=1S/C24H24N2O4S/c27-17-20(16-19-10-5-2-6-11-19)25-22(28)14-15-26-23(29)21(31-24(26)30)13-7-12-18-8-3-1-4-9-18/h1-13,20,27H,14-17H2,(H,25,28). The molecule has 0 aliphatic carbocycles. The number of carbonyl (C=O) groups excluding carboxylic acids is 3. The van der Waals surface area contributed by atoms with Crippen LogP contribution in [0, 0.1) is 0 Å². The minimum Gasteiger partial charge on any atom is -0.394 e. The van der Waals surface area contributed by atoms with Gasteiger partial charge in [-0.1, -0.05) is 72.8 Å². The number of amides is 3. The highest BCUT2D eigenvalue weighted by molar-refractivity contribution is 8.18. The molecule has 7 heteroatoms. The lowest BCUT2D eigenvalue weighted by Gasteiger charge is -2.18. The zero-order valence-electron chi connectivity index (χ0n) is 16.9. The van der Waals surface area contributed by atoms with Crippen molar-refractivity contribution in [3.8, 4) is 0 Å². The van der Waals surface area contributed by atoms with Gasteiger partial charge in [0.1, 0.15) is 0 Å². The van der Waals surface area contributed by atoms with Crippen molar-refractivity contribution < 1.29 is 19.5 Å². The zero-order valence-corrected chi connectivity index (χ0v) is 17.8. The van der Waals surface area contributed by atoms with Crippen LogP contribution in [0.5, 0.6) is 0 Å². The van der Waals surface area contributed by atoms with Gasteiger partial charge in [0.05, 0.1) is 17.6 Å². The van der Waals surface area contributed by atoms with Crippen LogP contribution in [-0.2, 0) is 16.0 Å².